The van der Waals surface area contributed by atoms with Gasteiger partial charge in [-0.15, -0.1) is 0 Å². The number of benzene rings is 12. The lowest BCUT2D eigenvalue weighted by Crippen LogP contribution is -2.11. The molecule has 3 nitrogen and oxygen atoms in total. The smallest absolute Gasteiger partial charge is 0.137 e. The Labute approximate surface area is 436 Å². The molecule has 0 saturated heterocycles. The van der Waals surface area contributed by atoms with Crippen molar-refractivity contribution in [1.29, 1.82) is 0 Å². The minimum Gasteiger partial charge on any atom is -0.456 e. The minimum atomic E-state index is 0.880. The molecule has 0 radical (unpaired) electrons. The summed E-state index contributed by atoms with van der Waals surface area (Å²) >= 11 is 0. The molecular weight excluding hydrogens is 909 g/mol. The Morgan fingerprint density at radius 1 is 0.267 bits per heavy atom. The highest BCUT2D eigenvalue weighted by molar-refractivity contribution is 6.18. The van der Waals surface area contributed by atoms with Gasteiger partial charge in [-0.05, 0) is 128 Å². The summed E-state index contributed by atoms with van der Waals surface area (Å²) in [6, 6.07) is 105. The quantitative estimate of drug-likeness (QED) is 0.136. The van der Waals surface area contributed by atoms with Gasteiger partial charge < -0.3 is 13.9 Å². The standard InChI is InChI=1S/C72H48N2O/c1-3-16-49(17-4-1)51-32-36-53(37-33-51)55-40-44-59(45-41-55)73(60-46-42-56(43-47-60)54-38-34-52(35-39-54)50-18-5-2-6-19-50)65-26-10-7-22-61(65)57-20-13-21-58(48-57)62-25-14-28-67-71(62)63-23-8-11-27-66(63)74(67)68-29-15-31-70-72(68)64-24-9-12-30-69(64)75-70/h1-48H. The Morgan fingerprint density at radius 3 is 1.29 bits per heavy atom. The van der Waals surface area contributed by atoms with E-state index >= 15 is 0 Å². The number of aromatic nitrogens is 1. The first kappa shape index (κ1) is 43.8. The van der Waals surface area contributed by atoms with Crippen LogP contribution in [0.3, 0.4) is 0 Å². The molecule has 12 aromatic carbocycles. The highest BCUT2D eigenvalue weighted by Crippen LogP contribution is 2.45. The highest BCUT2D eigenvalue weighted by Gasteiger charge is 2.22. The van der Waals surface area contributed by atoms with Crippen molar-refractivity contribution in [3.05, 3.63) is 291 Å². The molecule has 14 rings (SSSR count). The van der Waals surface area contributed by atoms with E-state index in [-0.39, 0.29) is 0 Å². The molecule has 0 amide bonds. The summed E-state index contributed by atoms with van der Waals surface area (Å²) in [5.41, 5.74) is 22.5. The zero-order valence-electron chi connectivity index (χ0n) is 41.0. The molecule has 0 N–H and O–H groups in total. The van der Waals surface area contributed by atoms with Gasteiger partial charge in [0, 0.05) is 33.1 Å². The largest absolute Gasteiger partial charge is 0.456 e. The first-order valence-corrected chi connectivity index (χ1v) is 25.6. The monoisotopic (exact) mass is 956 g/mol. The average molecular weight is 957 g/mol. The molecule has 0 spiro atoms. The molecule has 0 saturated carbocycles. The molecule has 0 aliphatic rings. The van der Waals surface area contributed by atoms with Crippen LogP contribution in [0.4, 0.5) is 17.1 Å². The van der Waals surface area contributed by atoms with Crippen molar-refractivity contribution >= 4 is 60.8 Å². The Bertz CT molecular complexity index is 4230. The van der Waals surface area contributed by atoms with Crippen LogP contribution in [0.5, 0.6) is 0 Å². The van der Waals surface area contributed by atoms with Crippen molar-refractivity contribution in [3.63, 3.8) is 0 Å². The third-order valence-corrected chi connectivity index (χ3v) is 14.9. The van der Waals surface area contributed by atoms with Crippen LogP contribution < -0.4 is 4.90 Å². The zero-order valence-corrected chi connectivity index (χ0v) is 41.0. The van der Waals surface area contributed by atoms with Crippen LogP contribution in [0.15, 0.2) is 296 Å². The summed E-state index contributed by atoms with van der Waals surface area (Å²) in [4.78, 5) is 2.40. The Hall–Kier alpha value is -9.96. The fraction of sp³-hybridized carbons (Fsp3) is 0. The average Bonchev–Trinajstić information content (AvgIpc) is 4.05. The Morgan fingerprint density at radius 2 is 0.680 bits per heavy atom. The molecule has 2 aromatic heterocycles. The van der Waals surface area contributed by atoms with Gasteiger partial charge in [0.1, 0.15) is 11.2 Å². The van der Waals surface area contributed by atoms with Crippen LogP contribution in [-0.2, 0) is 0 Å². The van der Waals surface area contributed by atoms with Crippen LogP contribution >= 0.6 is 0 Å². The summed E-state index contributed by atoms with van der Waals surface area (Å²) in [6.45, 7) is 0. The van der Waals surface area contributed by atoms with E-state index in [9.17, 15) is 0 Å². The van der Waals surface area contributed by atoms with Crippen molar-refractivity contribution < 1.29 is 4.42 Å². The van der Waals surface area contributed by atoms with E-state index in [1.54, 1.807) is 0 Å². The molecule has 75 heavy (non-hydrogen) atoms. The number of hydrogen-bond donors (Lipinski definition) is 0. The van der Waals surface area contributed by atoms with Gasteiger partial charge >= 0.3 is 0 Å². The number of anilines is 3. The van der Waals surface area contributed by atoms with E-state index in [1.807, 2.05) is 6.07 Å². The first-order valence-electron chi connectivity index (χ1n) is 25.6. The molecular formula is C72H48N2O. The number of hydrogen-bond acceptors (Lipinski definition) is 2. The van der Waals surface area contributed by atoms with E-state index in [2.05, 4.69) is 295 Å². The lowest BCUT2D eigenvalue weighted by atomic mass is 9.94. The molecule has 14 aromatic rings. The van der Waals surface area contributed by atoms with E-state index in [0.717, 1.165) is 72.4 Å². The number of para-hydroxylation sites is 3. The fourth-order valence-corrected chi connectivity index (χ4v) is 11.2. The summed E-state index contributed by atoms with van der Waals surface area (Å²) in [6.07, 6.45) is 0. The first-order chi connectivity index (χ1) is 37.2. The molecule has 0 aliphatic carbocycles. The predicted molar refractivity (Wildman–Crippen MR) is 315 cm³/mol. The van der Waals surface area contributed by atoms with Gasteiger partial charge in [-0.25, -0.2) is 0 Å². The van der Waals surface area contributed by atoms with Crippen molar-refractivity contribution in [2.75, 3.05) is 4.90 Å². The second-order valence-electron chi connectivity index (χ2n) is 19.2. The molecule has 0 unspecified atom stereocenters. The topological polar surface area (TPSA) is 21.3 Å². The highest BCUT2D eigenvalue weighted by atomic mass is 16.3. The second-order valence-corrected chi connectivity index (χ2v) is 19.2. The molecule has 352 valence electrons. The third-order valence-electron chi connectivity index (χ3n) is 14.9. The summed E-state index contributed by atoms with van der Waals surface area (Å²) in [7, 11) is 0. The van der Waals surface area contributed by atoms with Gasteiger partial charge in [-0.3, -0.25) is 0 Å². The van der Waals surface area contributed by atoms with E-state index < -0.39 is 0 Å². The zero-order chi connectivity index (χ0) is 49.7. The number of rotatable bonds is 10. The van der Waals surface area contributed by atoms with Gasteiger partial charge in [-0.1, -0.05) is 224 Å². The van der Waals surface area contributed by atoms with E-state index in [4.69, 9.17) is 4.42 Å². The van der Waals surface area contributed by atoms with Crippen LogP contribution in [0.1, 0.15) is 0 Å². The SMILES string of the molecule is c1ccc(-c2ccc(-c3ccc(N(c4ccc(-c5ccc(-c6ccccc6)cc5)cc4)c4ccccc4-c4cccc(-c5cccc6c5c5ccccc5n6-c5cccc6oc7ccccc7c56)c4)cc3)cc2)cc1. The van der Waals surface area contributed by atoms with Crippen LogP contribution in [0, 0.1) is 0 Å². The fourth-order valence-electron chi connectivity index (χ4n) is 11.2. The second kappa shape index (κ2) is 18.6. The minimum absolute atomic E-state index is 0.880. The molecule has 0 aliphatic heterocycles. The Balaban J connectivity index is 0.871. The summed E-state index contributed by atoms with van der Waals surface area (Å²) in [5.74, 6) is 0. The molecule has 0 fully saturated rings. The number of fused-ring (bicyclic) bond motifs is 6. The maximum atomic E-state index is 6.41. The predicted octanol–water partition coefficient (Wildman–Crippen LogP) is 20.2. The van der Waals surface area contributed by atoms with Gasteiger partial charge in [0.2, 0.25) is 0 Å². The lowest BCUT2D eigenvalue weighted by Gasteiger charge is -2.28. The van der Waals surface area contributed by atoms with Crippen LogP contribution in [0.2, 0.25) is 0 Å². The molecule has 2 heterocycles. The van der Waals surface area contributed by atoms with E-state index in [0.29, 0.717) is 0 Å². The van der Waals surface area contributed by atoms with Crippen molar-refractivity contribution in [2.45, 2.75) is 0 Å². The van der Waals surface area contributed by atoms with Gasteiger partial charge in [-0.2, -0.15) is 0 Å². The van der Waals surface area contributed by atoms with Gasteiger partial charge in [0.15, 0.2) is 0 Å². The lowest BCUT2D eigenvalue weighted by molar-refractivity contribution is 0.669. The normalized spacial score (nSPS) is 11.5. The van der Waals surface area contributed by atoms with Crippen molar-refractivity contribution in [2.24, 2.45) is 0 Å². The van der Waals surface area contributed by atoms with Gasteiger partial charge in [0.05, 0.1) is 27.8 Å². The van der Waals surface area contributed by atoms with Crippen LogP contribution in [-0.4, -0.2) is 4.57 Å². The number of nitrogens with zero attached hydrogens (tertiary/aromatic N) is 2. The van der Waals surface area contributed by atoms with E-state index in [1.165, 1.54) is 60.8 Å². The molecule has 3 heteroatoms. The maximum absolute atomic E-state index is 6.41. The van der Waals surface area contributed by atoms with Crippen LogP contribution in [0.25, 0.3) is 116 Å². The Kier molecular flexibility index (Phi) is 10.8. The molecule has 0 atom stereocenters. The summed E-state index contributed by atoms with van der Waals surface area (Å²) < 4.78 is 8.83. The van der Waals surface area contributed by atoms with Crippen molar-refractivity contribution in [3.8, 4) is 72.4 Å². The van der Waals surface area contributed by atoms with Crippen molar-refractivity contribution in [1.82, 2.24) is 4.57 Å². The number of furan rings is 1. The third kappa shape index (κ3) is 7.86. The maximum Gasteiger partial charge on any atom is 0.137 e. The summed E-state index contributed by atoms with van der Waals surface area (Å²) in [5, 5.41) is 4.65. The molecule has 0 bridgehead atoms. The van der Waals surface area contributed by atoms with Gasteiger partial charge in [0.25, 0.3) is 0 Å².